The smallest absolute Gasteiger partial charge is 0.229 e. The van der Waals surface area contributed by atoms with Gasteiger partial charge in [-0.3, -0.25) is 14.5 Å². The van der Waals surface area contributed by atoms with E-state index < -0.39 is 0 Å². The molecule has 182 valence electrons. The van der Waals surface area contributed by atoms with Crippen molar-refractivity contribution in [3.63, 3.8) is 0 Å². The Morgan fingerprint density at radius 2 is 1.85 bits per heavy atom. The molecule has 34 heavy (non-hydrogen) atoms. The SMILES string of the molecule is Nc1cc(CN2CCC(C(=O)N3CCC4(CC3)CCN(CC3=CC=CCC3)C4=O)CC2)ccn1. The average Bonchev–Trinajstić information content (AvgIpc) is 3.15. The molecule has 0 aromatic carbocycles. The Morgan fingerprint density at radius 1 is 1.09 bits per heavy atom. The molecule has 3 fully saturated rings. The number of aromatic nitrogens is 1. The van der Waals surface area contributed by atoms with E-state index in [0.29, 0.717) is 17.6 Å². The number of piperidine rings is 2. The van der Waals surface area contributed by atoms with Crippen LogP contribution in [0.15, 0.2) is 42.1 Å². The van der Waals surface area contributed by atoms with E-state index in [1.54, 1.807) is 6.20 Å². The number of carbonyl (C=O) groups is 2. The predicted molar refractivity (Wildman–Crippen MR) is 133 cm³/mol. The fourth-order valence-corrected chi connectivity index (χ4v) is 6.14. The van der Waals surface area contributed by atoms with E-state index in [-0.39, 0.29) is 11.3 Å². The zero-order chi connectivity index (χ0) is 23.5. The lowest BCUT2D eigenvalue weighted by atomic mass is 9.76. The average molecular weight is 464 g/mol. The van der Waals surface area contributed by atoms with Crippen molar-refractivity contribution in [3.8, 4) is 0 Å². The predicted octanol–water partition coefficient (Wildman–Crippen LogP) is 2.99. The van der Waals surface area contributed by atoms with Gasteiger partial charge in [0.1, 0.15) is 5.82 Å². The number of likely N-dealkylation sites (tertiary alicyclic amines) is 3. The number of hydrogen-bond donors (Lipinski definition) is 1. The summed E-state index contributed by atoms with van der Waals surface area (Å²) in [5.74, 6) is 1.27. The molecule has 4 aliphatic rings. The number of anilines is 1. The van der Waals surface area contributed by atoms with Crippen molar-refractivity contribution in [3.05, 3.63) is 47.7 Å². The van der Waals surface area contributed by atoms with Crippen LogP contribution < -0.4 is 5.73 Å². The van der Waals surface area contributed by atoms with E-state index in [9.17, 15) is 9.59 Å². The molecule has 1 aromatic rings. The molecule has 0 bridgehead atoms. The molecule has 1 spiro atoms. The normalized spacial score (nSPS) is 23.5. The Hall–Kier alpha value is -2.67. The van der Waals surface area contributed by atoms with Gasteiger partial charge in [-0.25, -0.2) is 4.98 Å². The topological polar surface area (TPSA) is 82.8 Å². The number of nitrogen functional groups attached to an aromatic ring is 1. The van der Waals surface area contributed by atoms with E-state index >= 15 is 0 Å². The molecule has 3 saturated heterocycles. The minimum atomic E-state index is -0.238. The van der Waals surface area contributed by atoms with Crippen molar-refractivity contribution in [2.24, 2.45) is 11.3 Å². The molecule has 2 amide bonds. The summed E-state index contributed by atoms with van der Waals surface area (Å²) in [5, 5.41) is 0. The second-order valence-electron chi connectivity index (χ2n) is 10.5. The lowest BCUT2D eigenvalue weighted by Crippen LogP contribution is -2.49. The van der Waals surface area contributed by atoms with Gasteiger partial charge in [0, 0.05) is 44.8 Å². The fourth-order valence-electron chi connectivity index (χ4n) is 6.14. The van der Waals surface area contributed by atoms with Gasteiger partial charge in [0.05, 0.1) is 5.41 Å². The number of rotatable bonds is 5. The monoisotopic (exact) mass is 463 g/mol. The maximum absolute atomic E-state index is 13.3. The van der Waals surface area contributed by atoms with Gasteiger partial charge < -0.3 is 15.5 Å². The third kappa shape index (κ3) is 4.90. The summed E-state index contributed by atoms with van der Waals surface area (Å²) < 4.78 is 0. The summed E-state index contributed by atoms with van der Waals surface area (Å²) in [6.07, 6.45) is 14.7. The Labute approximate surface area is 202 Å². The minimum Gasteiger partial charge on any atom is -0.384 e. The number of pyridine rings is 1. The number of nitrogens with zero attached hydrogens (tertiary/aromatic N) is 4. The highest BCUT2D eigenvalue weighted by molar-refractivity contribution is 5.86. The Kier molecular flexibility index (Phi) is 6.73. The van der Waals surface area contributed by atoms with Crippen LogP contribution >= 0.6 is 0 Å². The maximum Gasteiger partial charge on any atom is 0.229 e. The van der Waals surface area contributed by atoms with E-state index in [0.717, 1.165) is 90.8 Å². The zero-order valence-electron chi connectivity index (χ0n) is 20.1. The highest BCUT2D eigenvalue weighted by Crippen LogP contribution is 2.42. The number of nitrogens with two attached hydrogens (primary N) is 1. The van der Waals surface area contributed by atoms with Gasteiger partial charge in [0.2, 0.25) is 11.8 Å². The molecule has 0 atom stereocenters. The first-order valence-electron chi connectivity index (χ1n) is 12.9. The Morgan fingerprint density at radius 3 is 2.56 bits per heavy atom. The van der Waals surface area contributed by atoms with Crippen LogP contribution in [0.4, 0.5) is 5.82 Å². The lowest BCUT2D eigenvalue weighted by Gasteiger charge is -2.40. The van der Waals surface area contributed by atoms with Crippen LogP contribution in [0, 0.1) is 11.3 Å². The van der Waals surface area contributed by atoms with Crippen LogP contribution in [0.25, 0.3) is 0 Å². The molecule has 1 aromatic heterocycles. The molecule has 0 saturated carbocycles. The van der Waals surface area contributed by atoms with Crippen molar-refractivity contribution >= 4 is 17.6 Å². The molecule has 4 heterocycles. The molecule has 7 heteroatoms. The van der Waals surface area contributed by atoms with Gasteiger partial charge in [0.15, 0.2) is 0 Å². The summed E-state index contributed by atoms with van der Waals surface area (Å²) in [6, 6.07) is 3.93. The third-order valence-corrected chi connectivity index (χ3v) is 8.32. The fraction of sp³-hybridized carbons (Fsp3) is 0.593. The van der Waals surface area contributed by atoms with Crippen LogP contribution in [0.2, 0.25) is 0 Å². The van der Waals surface area contributed by atoms with Gasteiger partial charge in [0.25, 0.3) is 0 Å². The van der Waals surface area contributed by atoms with E-state index in [1.165, 1.54) is 11.1 Å². The first kappa shape index (κ1) is 23.1. The highest BCUT2D eigenvalue weighted by atomic mass is 16.2. The molecule has 7 nitrogen and oxygen atoms in total. The van der Waals surface area contributed by atoms with E-state index in [2.05, 4.69) is 33.0 Å². The zero-order valence-corrected chi connectivity index (χ0v) is 20.1. The standard InChI is InChI=1S/C27H37N5O2/c28-24-18-22(6-12-29-24)19-30-13-7-23(8-14-30)25(33)31-15-9-27(10-16-31)11-17-32(26(27)34)20-21-4-2-1-3-5-21/h1-2,4,6,12,18,23H,3,5,7-11,13-17,19-20H2,(H2,28,29). The first-order chi connectivity index (χ1) is 16.5. The van der Waals surface area contributed by atoms with Crippen molar-refractivity contribution in [1.29, 1.82) is 0 Å². The van der Waals surface area contributed by atoms with Crippen LogP contribution in [0.5, 0.6) is 0 Å². The summed E-state index contributed by atoms with van der Waals surface area (Å²) >= 11 is 0. The second-order valence-corrected chi connectivity index (χ2v) is 10.5. The summed E-state index contributed by atoms with van der Waals surface area (Å²) in [4.78, 5) is 37.1. The van der Waals surface area contributed by atoms with Crippen LogP contribution in [0.3, 0.4) is 0 Å². The van der Waals surface area contributed by atoms with Crippen molar-refractivity contribution < 1.29 is 9.59 Å². The van der Waals surface area contributed by atoms with Crippen molar-refractivity contribution in [1.82, 2.24) is 19.7 Å². The number of amides is 2. The second kappa shape index (κ2) is 9.90. The van der Waals surface area contributed by atoms with Gasteiger partial charge in [-0.1, -0.05) is 23.8 Å². The Balaban J connectivity index is 1.09. The number of carbonyl (C=O) groups excluding carboxylic acids is 2. The van der Waals surface area contributed by atoms with Crippen LogP contribution in [-0.4, -0.2) is 70.8 Å². The van der Waals surface area contributed by atoms with Crippen molar-refractivity contribution in [2.45, 2.75) is 51.5 Å². The quantitative estimate of drug-likeness (QED) is 0.726. The van der Waals surface area contributed by atoms with Crippen LogP contribution in [-0.2, 0) is 16.1 Å². The molecule has 2 N–H and O–H groups in total. The molecular formula is C27H37N5O2. The van der Waals surface area contributed by atoms with Gasteiger partial charge in [-0.05, 0) is 75.7 Å². The minimum absolute atomic E-state index is 0.106. The molecule has 0 radical (unpaired) electrons. The molecular weight excluding hydrogens is 426 g/mol. The summed E-state index contributed by atoms with van der Waals surface area (Å²) in [7, 11) is 0. The molecule has 5 rings (SSSR count). The largest absolute Gasteiger partial charge is 0.384 e. The highest BCUT2D eigenvalue weighted by Gasteiger charge is 2.49. The maximum atomic E-state index is 13.3. The summed E-state index contributed by atoms with van der Waals surface area (Å²) in [5.41, 5.74) is 8.09. The van der Waals surface area contributed by atoms with Crippen LogP contribution in [0.1, 0.15) is 50.5 Å². The first-order valence-corrected chi connectivity index (χ1v) is 12.9. The number of hydrogen-bond acceptors (Lipinski definition) is 5. The van der Waals surface area contributed by atoms with Gasteiger partial charge in [-0.2, -0.15) is 0 Å². The van der Waals surface area contributed by atoms with E-state index in [1.807, 2.05) is 17.0 Å². The third-order valence-electron chi connectivity index (χ3n) is 8.32. The molecule has 1 aliphatic carbocycles. The summed E-state index contributed by atoms with van der Waals surface area (Å²) in [6.45, 7) is 5.78. The molecule has 0 unspecified atom stereocenters. The van der Waals surface area contributed by atoms with Gasteiger partial charge >= 0.3 is 0 Å². The Bertz CT molecular complexity index is 971. The van der Waals surface area contributed by atoms with Gasteiger partial charge in [-0.15, -0.1) is 0 Å². The lowest BCUT2D eigenvalue weighted by molar-refractivity contribution is -0.145. The molecule has 3 aliphatic heterocycles. The number of allylic oxidation sites excluding steroid dienone is 3. The van der Waals surface area contributed by atoms with Crippen molar-refractivity contribution in [2.75, 3.05) is 45.0 Å². The van der Waals surface area contributed by atoms with E-state index in [4.69, 9.17) is 5.73 Å².